The lowest BCUT2D eigenvalue weighted by Crippen LogP contribution is -2.41. The normalized spacial score (nSPS) is 11.1. The zero-order valence-electron chi connectivity index (χ0n) is 13.6. The van der Waals surface area contributed by atoms with Gasteiger partial charge in [-0.3, -0.25) is 10.2 Å². The van der Waals surface area contributed by atoms with Gasteiger partial charge in [0.15, 0.2) is 0 Å². The zero-order valence-corrected chi connectivity index (χ0v) is 14.4. The van der Waals surface area contributed by atoms with Crippen LogP contribution in [-0.4, -0.2) is 20.9 Å². The molecule has 0 spiro atoms. The number of hydrogen-bond acceptors (Lipinski definition) is 4. The Hall–Kier alpha value is -2.38. The molecule has 0 saturated heterocycles. The number of hydrazine groups is 1. The number of nitrogens with one attached hydrogen (secondary N) is 2. The fourth-order valence-electron chi connectivity index (χ4n) is 2.02. The number of aryl methyl sites for hydroxylation is 1. The van der Waals surface area contributed by atoms with Crippen molar-refractivity contribution in [1.29, 1.82) is 0 Å². The lowest BCUT2D eigenvalue weighted by molar-refractivity contribution is 0.0945. The summed E-state index contributed by atoms with van der Waals surface area (Å²) in [5.41, 5.74) is 3.56. The van der Waals surface area contributed by atoms with Crippen molar-refractivity contribution in [3.63, 3.8) is 0 Å². The fourth-order valence-corrected chi connectivity index (χ4v) is 2.86. The van der Waals surface area contributed by atoms with Crippen molar-refractivity contribution >= 4 is 15.9 Å². The number of rotatable bonds is 7. The minimum atomic E-state index is -3.81. The van der Waals surface area contributed by atoms with Crippen molar-refractivity contribution in [3.8, 4) is 5.75 Å². The molecule has 128 valence electrons. The van der Waals surface area contributed by atoms with E-state index in [1.165, 1.54) is 12.1 Å². The van der Waals surface area contributed by atoms with Crippen LogP contribution in [-0.2, 0) is 16.4 Å². The summed E-state index contributed by atoms with van der Waals surface area (Å²) in [6.45, 7) is 4.38. The highest BCUT2D eigenvalue weighted by Crippen LogP contribution is 2.13. The second-order valence-corrected chi connectivity index (χ2v) is 6.70. The van der Waals surface area contributed by atoms with Crippen LogP contribution in [0.3, 0.4) is 0 Å². The first kappa shape index (κ1) is 18.0. The van der Waals surface area contributed by atoms with Crippen molar-refractivity contribution in [2.24, 2.45) is 0 Å². The van der Waals surface area contributed by atoms with Gasteiger partial charge in [-0.1, -0.05) is 19.1 Å². The van der Waals surface area contributed by atoms with Crippen LogP contribution in [0, 0.1) is 0 Å². The summed E-state index contributed by atoms with van der Waals surface area (Å²) in [5, 5.41) is 0. The van der Waals surface area contributed by atoms with Gasteiger partial charge in [0, 0.05) is 5.56 Å². The van der Waals surface area contributed by atoms with Gasteiger partial charge in [-0.05, 0) is 55.3 Å². The third-order valence-corrected chi connectivity index (χ3v) is 4.63. The van der Waals surface area contributed by atoms with Gasteiger partial charge in [0.25, 0.3) is 15.9 Å². The monoisotopic (exact) mass is 348 g/mol. The first-order valence-corrected chi connectivity index (χ1v) is 9.08. The minimum absolute atomic E-state index is 0.0895. The molecule has 7 heteroatoms. The van der Waals surface area contributed by atoms with E-state index in [9.17, 15) is 13.2 Å². The Kier molecular flexibility index (Phi) is 5.94. The summed E-state index contributed by atoms with van der Waals surface area (Å²) < 4.78 is 29.6. The second kappa shape index (κ2) is 7.94. The number of ether oxygens (including phenoxy) is 1. The number of amides is 1. The quantitative estimate of drug-likeness (QED) is 0.752. The molecule has 2 aromatic rings. The van der Waals surface area contributed by atoms with Gasteiger partial charge in [0.2, 0.25) is 0 Å². The van der Waals surface area contributed by atoms with E-state index in [1.54, 1.807) is 36.4 Å². The third-order valence-electron chi connectivity index (χ3n) is 3.37. The molecule has 0 fully saturated rings. The van der Waals surface area contributed by atoms with Crippen LogP contribution in [0.15, 0.2) is 53.4 Å². The van der Waals surface area contributed by atoms with Crippen LogP contribution in [0.25, 0.3) is 0 Å². The van der Waals surface area contributed by atoms with Crippen LogP contribution in [0.5, 0.6) is 5.75 Å². The molecule has 2 N–H and O–H groups in total. The molecule has 2 aromatic carbocycles. The van der Waals surface area contributed by atoms with E-state index in [0.717, 1.165) is 12.0 Å². The third kappa shape index (κ3) is 4.56. The maximum Gasteiger partial charge on any atom is 0.266 e. The van der Waals surface area contributed by atoms with Crippen molar-refractivity contribution < 1.29 is 17.9 Å². The van der Waals surface area contributed by atoms with Crippen LogP contribution >= 0.6 is 0 Å². The largest absolute Gasteiger partial charge is 0.494 e. The van der Waals surface area contributed by atoms with Crippen LogP contribution in [0.4, 0.5) is 0 Å². The van der Waals surface area contributed by atoms with E-state index in [0.29, 0.717) is 17.9 Å². The van der Waals surface area contributed by atoms with E-state index in [-0.39, 0.29) is 4.90 Å². The van der Waals surface area contributed by atoms with E-state index < -0.39 is 15.9 Å². The van der Waals surface area contributed by atoms with E-state index in [1.807, 2.05) is 13.8 Å². The maximum atomic E-state index is 12.2. The lowest BCUT2D eigenvalue weighted by Gasteiger charge is -2.09. The first-order chi connectivity index (χ1) is 11.5. The Labute approximate surface area is 141 Å². The Morgan fingerprint density at radius 1 is 1.00 bits per heavy atom. The topological polar surface area (TPSA) is 84.5 Å². The number of sulfonamides is 1. The molecule has 2 rings (SSSR count). The minimum Gasteiger partial charge on any atom is -0.494 e. The Morgan fingerprint density at radius 3 is 2.17 bits per heavy atom. The Bertz CT molecular complexity index is 784. The van der Waals surface area contributed by atoms with Crippen molar-refractivity contribution in [3.05, 3.63) is 59.7 Å². The zero-order chi connectivity index (χ0) is 17.6. The summed E-state index contributed by atoms with van der Waals surface area (Å²) in [7, 11) is -3.81. The molecule has 1 amide bonds. The Morgan fingerprint density at radius 2 is 1.62 bits per heavy atom. The van der Waals surface area contributed by atoms with Crippen molar-refractivity contribution in [1.82, 2.24) is 10.3 Å². The molecule has 0 atom stereocenters. The van der Waals surface area contributed by atoms with E-state index in [2.05, 4.69) is 10.3 Å². The van der Waals surface area contributed by atoms with Gasteiger partial charge in [-0.25, -0.2) is 8.42 Å². The average molecular weight is 348 g/mol. The van der Waals surface area contributed by atoms with Crippen molar-refractivity contribution in [2.45, 2.75) is 25.2 Å². The molecule has 0 aliphatic rings. The molecule has 6 nitrogen and oxygen atoms in total. The number of hydrogen-bond donors (Lipinski definition) is 2. The van der Waals surface area contributed by atoms with Gasteiger partial charge in [0.1, 0.15) is 5.75 Å². The highest BCUT2D eigenvalue weighted by atomic mass is 32.2. The number of carbonyl (C=O) groups is 1. The summed E-state index contributed by atoms with van der Waals surface area (Å²) >= 11 is 0. The average Bonchev–Trinajstić information content (AvgIpc) is 2.61. The predicted octanol–water partition coefficient (Wildman–Crippen LogP) is 2.27. The van der Waals surface area contributed by atoms with Crippen molar-refractivity contribution in [2.75, 3.05) is 6.61 Å². The molecule has 0 unspecified atom stereocenters. The van der Waals surface area contributed by atoms with E-state index in [4.69, 9.17) is 4.74 Å². The molecule has 0 aliphatic heterocycles. The number of carbonyl (C=O) groups excluding carboxylic acids is 1. The lowest BCUT2D eigenvalue weighted by atomic mass is 10.2. The molecule has 0 aromatic heterocycles. The van der Waals surface area contributed by atoms with Crippen LogP contribution in [0.2, 0.25) is 0 Å². The molecule has 0 radical (unpaired) electrons. The molecule has 0 aliphatic carbocycles. The fraction of sp³-hybridized carbons (Fsp3) is 0.235. The Balaban J connectivity index is 2.01. The van der Waals surface area contributed by atoms with Gasteiger partial charge >= 0.3 is 0 Å². The van der Waals surface area contributed by atoms with E-state index >= 15 is 0 Å². The van der Waals surface area contributed by atoms with Gasteiger partial charge in [-0.2, -0.15) is 0 Å². The molecule has 0 bridgehead atoms. The highest BCUT2D eigenvalue weighted by molar-refractivity contribution is 7.89. The van der Waals surface area contributed by atoms with Crippen LogP contribution < -0.4 is 15.0 Å². The smallest absolute Gasteiger partial charge is 0.266 e. The molecule has 0 saturated carbocycles. The van der Waals surface area contributed by atoms with Gasteiger partial charge in [-0.15, -0.1) is 4.83 Å². The molecule has 24 heavy (non-hydrogen) atoms. The van der Waals surface area contributed by atoms with Crippen LogP contribution in [0.1, 0.15) is 29.8 Å². The molecule has 0 heterocycles. The predicted molar refractivity (Wildman–Crippen MR) is 91.2 cm³/mol. The first-order valence-electron chi connectivity index (χ1n) is 7.60. The summed E-state index contributed by atoms with van der Waals surface area (Å²) in [6, 6.07) is 12.9. The summed E-state index contributed by atoms with van der Waals surface area (Å²) in [5.74, 6) is 0.0949. The molecular weight excluding hydrogens is 328 g/mol. The SMILES string of the molecule is CCOc1ccc(C(=O)NNS(=O)(=O)c2ccc(CC)cc2)cc1. The summed E-state index contributed by atoms with van der Waals surface area (Å²) in [6.07, 6.45) is 0.822. The molecular formula is C17H20N2O4S. The maximum absolute atomic E-state index is 12.2. The van der Waals surface area contributed by atoms with Gasteiger partial charge in [0.05, 0.1) is 11.5 Å². The highest BCUT2D eigenvalue weighted by Gasteiger charge is 2.15. The number of benzene rings is 2. The summed E-state index contributed by atoms with van der Waals surface area (Å²) in [4.78, 5) is 14.2. The standard InChI is InChI=1S/C17H20N2O4S/c1-3-13-5-11-16(12-6-13)24(21,22)19-18-17(20)14-7-9-15(10-8-14)23-4-2/h5-12,19H,3-4H2,1-2H3,(H,18,20). The van der Waals surface area contributed by atoms with Gasteiger partial charge < -0.3 is 4.74 Å². The second-order valence-electron chi connectivity index (χ2n) is 5.01.